The first-order valence-corrected chi connectivity index (χ1v) is 28.9. The molecule has 4 N–H and O–H groups in total. The summed E-state index contributed by atoms with van der Waals surface area (Å²) in [4.78, 5) is 97.3. The van der Waals surface area contributed by atoms with Gasteiger partial charge in [0.25, 0.3) is 5.91 Å². The van der Waals surface area contributed by atoms with Gasteiger partial charge in [-0.05, 0) is 95.9 Å². The van der Waals surface area contributed by atoms with Gasteiger partial charge in [0.2, 0.25) is 23.6 Å². The molecule has 3 aromatic rings. The van der Waals surface area contributed by atoms with E-state index in [1.165, 1.54) is 86.1 Å². The van der Waals surface area contributed by atoms with E-state index in [-0.39, 0.29) is 73.9 Å². The SMILES string of the molecule is CCCCCCCCCCCCCCCC(=O)N(CCCC[C@H](NC(=O)[C@@H]1COC(c2ccc(NC(=O)OC(C)(C)C)cc2O)=N1)C(=O)O[C@H](C)CC(=O)N[C@H]1CCCCN(OCc2ccccc2)C1=O)OCc1ccccc1. The van der Waals surface area contributed by atoms with Gasteiger partial charge in [-0.3, -0.25) is 34.2 Å². The summed E-state index contributed by atoms with van der Waals surface area (Å²) in [6, 6.07) is 20.3. The number of esters is 1. The smallest absolute Gasteiger partial charge is 0.412 e. The van der Waals surface area contributed by atoms with Gasteiger partial charge < -0.3 is 30.0 Å². The van der Waals surface area contributed by atoms with E-state index in [1.807, 2.05) is 60.7 Å². The summed E-state index contributed by atoms with van der Waals surface area (Å²) in [5.41, 5.74) is 1.51. The average Bonchev–Trinajstić information content (AvgIpc) is 3.85. The van der Waals surface area contributed by atoms with Crippen molar-refractivity contribution in [2.45, 2.75) is 213 Å². The van der Waals surface area contributed by atoms with E-state index in [0.717, 1.165) is 36.8 Å². The molecule has 0 unspecified atom stereocenters. The number of unbranched alkanes of at least 4 members (excludes halogenated alkanes) is 13. The van der Waals surface area contributed by atoms with E-state index < -0.39 is 53.7 Å². The Morgan fingerprint density at radius 1 is 0.810 bits per heavy atom. The predicted octanol–water partition coefficient (Wildman–Crippen LogP) is 10.9. The van der Waals surface area contributed by atoms with Crippen LogP contribution in [0.1, 0.15) is 186 Å². The van der Waals surface area contributed by atoms with E-state index in [4.69, 9.17) is 23.9 Å². The van der Waals surface area contributed by atoms with Gasteiger partial charge >= 0.3 is 12.1 Å². The minimum Gasteiger partial charge on any atom is -0.507 e. The lowest BCUT2D eigenvalue weighted by atomic mass is 10.0. The average molecular weight is 1100 g/mol. The topological polar surface area (TPSA) is 224 Å². The van der Waals surface area contributed by atoms with E-state index in [0.29, 0.717) is 45.1 Å². The second kappa shape index (κ2) is 34.5. The molecule has 5 amide bonds. The van der Waals surface area contributed by atoms with Gasteiger partial charge in [-0.15, -0.1) is 0 Å². The maximum absolute atomic E-state index is 14.0. The normalized spacial score (nSPS) is 16.2. The number of aromatic hydroxyl groups is 1. The van der Waals surface area contributed by atoms with Crippen molar-refractivity contribution in [1.29, 1.82) is 0 Å². The number of carbonyl (C=O) groups excluding carboxylic acids is 6. The number of benzene rings is 3. The summed E-state index contributed by atoms with van der Waals surface area (Å²) >= 11 is 0. The number of aliphatic imine (C=N–C) groups is 1. The highest BCUT2D eigenvalue weighted by Gasteiger charge is 2.34. The molecule has 79 heavy (non-hydrogen) atoms. The molecule has 1 fully saturated rings. The zero-order valence-electron chi connectivity index (χ0n) is 47.5. The Hall–Kier alpha value is -6.53. The molecule has 2 heterocycles. The highest BCUT2D eigenvalue weighted by atomic mass is 16.7. The number of phenolic OH excluding ortho intramolecular Hbond substituents is 1. The number of carbonyl (C=O) groups is 6. The van der Waals surface area contributed by atoms with Gasteiger partial charge in [-0.25, -0.2) is 24.7 Å². The Balaban J connectivity index is 1.19. The Bertz CT molecular complexity index is 2380. The van der Waals surface area contributed by atoms with Crippen LogP contribution < -0.4 is 16.0 Å². The summed E-state index contributed by atoms with van der Waals surface area (Å²) in [6.07, 6.45) is 16.8. The van der Waals surface area contributed by atoms with Crippen LogP contribution in [0.4, 0.5) is 10.5 Å². The minimum atomic E-state index is -1.19. The van der Waals surface area contributed by atoms with E-state index in [2.05, 4.69) is 27.9 Å². The van der Waals surface area contributed by atoms with Crippen molar-refractivity contribution < 1.29 is 57.8 Å². The molecule has 18 nitrogen and oxygen atoms in total. The van der Waals surface area contributed by atoms with Gasteiger partial charge in [0, 0.05) is 31.3 Å². The third kappa shape index (κ3) is 24.2. The number of ether oxygens (including phenoxy) is 3. The van der Waals surface area contributed by atoms with Gasteiger partial charge in [0.15, 0.2) is 6.04 Å². The summed E-state index contributed by atoms with van der Waals surface area (Å²) in [7, 11) is 0. The molecular formula is C61H88N6O12. The fraction of sp³-hybridized carbons (Fsp3) is 0.590. The number of hydroxylamine groups is 4. The lowest BCUT2D eigenvalue weighted by Gasteiger charge is -2.25. The molecule has 3 aromatic carbocycles. The quantitative estimate of drug-likeness (QED) is 0.0249. The maximum atomic E-state index is 14.0. The maximum Gasteiger partial charge on any atom is 0.412 e. The zero-order valence-corrected chi connectivity index (χ0v) is 47.5. The molecule has 2 aliphatic heterocycles. The number of anilines is 1. The molecule has 0 bridgehead atoms. The predicted molar refractivity (Wildman–Crippen MR) is 302 cm³/mol. The van der Waals surface area contributed by atoms with Crippen molar-refractivity contribution in [3.8, 4) is 5.75 Å². The number of amides is 5. The molecule has 1 saturated heterocycles. The van der Waals surface area contributed by atoms with Crippen LogP contribution in [0.5, 0.6) is 5.75 Å². The van der Waals surface area contributed by atoms with Crippen molar-refractivity contribution in [1.82, 2.24) is 20.8 Å². The van der Waals surface area contributed by atoms with Crippen molar-refractivity contribution in [3.05, 3.63) is 95.6 Å². The highest BCUT2D eigenvalue weighted by Crippen LogP contribution is 2.27. The molecule has 434 valence electrons. The van der Waals surface area contributed by atoms with Gasteiger partial charge in [-0.1, -0.05) is 145 Å². The van der Waals surface area contributed by atoms with Crippen LogP contribution in [0.3, 0.4) is 0 Å². The molecule has 0 aliphatic carbocycles. The number of hydrogen-bond acceptors (Lipinski definition) is 13. The minimum absolute atomic E-state index is 0.0164. The highest BCUT2D eigenvalue weighted by molar-refractivity contribution is 6.01. The Labute approximate surface area is 468 Å². The van der Waals surface area contributed by atoms with Crippen molar-refractivity contribution in [3.63, 3.8) is 0 Å². The molecule has 18 heteroatoms. The van der Waals surface area contributed by atoms with Gasteiger partial charge in [0.1, 0.15) is 49.4 Å². The molecule has 0 saturated carbocycles. The van der Waals surface area contributed by atoms with Crippen molar-refractivity contribution in [2.75, 3.05) is 25.0 Å². The lowest BCUT2D eigenvalue weighted by molar-refractivity contribution is -0.192. The first-order chi connectivity index (χ1) is 38.1. The second-order valence-corrected chi connectivity index (χ2v) is 21.7. The largest absolute Gasteiger partial charge is 0.507 e. The van der Waals surface area contributed by atoms with Gasteiger partial charge in [-0.2, -0.15) is 0 Å². The summed E-state index contributed by atoms with van der Waals surface area (Å²) in [6.45, 7) is 9.83. The number of phenols is 1. The molecule has 0 radical (unpaired) electrons. The van der Waals surface area contributed by atoms with Crippen LogP contribution in [0.2, 0.25) is 0 Å². The van der Waals surface area contributed by atoms with Crippen LogP contribution in [0.25, 0.3) is 0 Å². The monoisotopic (exact) mass is 1100 g/mol. The number of nitrogens with one attached hydrogen (secondary N) is 3. The van der Waals surface area contributed by atoms with Crippen molar-refractivity contribution in [2.24, 2.45) is 4.99 Å². The number of nitrogens with zero attached hydrogens (tertiary/aromatic N) is 3. The van der Waals surface area contributed by atoms with Crippen LogP contribution in [-0.4, -0.2) is 106 Å². The van der Waals surface area contributed by atoms with Crippen LogP contribution in [0, 0.1) is 0 Å². The first-order valence-electron chi connectivity index (χ1n) is 28.9. The lowest BCUT2D eigenvalue weighted by Crippen LogP contribution is -2.48. The molecule has 0 spiro atoms. The third-order valence-corrected chi connectivity index (χ3v) is 13.5. The number of hydrogen-bond donors (Lipinski definition) is 4. The molecule has 0 aromatic heterocycles. The second-order valence-electron chi connectivity index (χ2n) is 21.7. The number of rotatable bonds is 34. The van der Waals surface area contributed by atoms with E-state index >= 15 is 0 Å². The third-order valence-electron chi connectivity index (χ3n) is 13.5. The molecule has 2 aliphatic rings. The zero-order chi connectivity index (χ0) is 56.8. The van der Waals surface area contributed by atoms with E-state index in [9.17, 15) is 33.9 Å². The fourth-order valence-electron chi connectivity index (χ4n) is 9.23. The molecule has 5 rings (SSSR count). The molecule has 4 atom stereocenters. The summed E-state index contributed by atoms with van der Waals surface area (Å²) in [5.74, 6) is -2.69. The van der Waals surface area contributed by atoms with Crippen LogP contribution in [0.15, 0.2) is 83.9 Å². The van der Waals surface area contributed by atoms with Gasteiger partial charge in [0.05, 0.1) is 12.0 Å². The summed E-state index contributed by atoms with van der Waals surface area (Å²) < 4.78 is 16.9. The van der Waals surface area contributed by atoms with E-state index in [1.54, 1.807) is 27.7 Å². The Morgan fingerprint density at radius 3 is 2.08 bits per heavy atom. The standard InChI is InChI=1S/C61H88N6O12/c1-6-7-8-9-10-11-12-13-14-15-16-17-24-35-55(70)66(76-42-46-29-20-18-21-30-46)38-27-26-34-51(64-56(71)52-44-75-57(65-52)49-37-36-48(41-53(49)68)62-60(74)79-61(3,4)5)59(73)78-45(2)40-54(69)63-50-33-25-28-39-67(58(50)72)77-43-47-31-22-19-23-32-47/h18-23,29-32,36-37,41,45,50-52,68H,6-17,24-28,33-35,38-40,42-44H2,1-5H3,(H,62,74)(H,63,69)(H,64,71)/t45-,50+,51+,52+/m1/s1. The first kappa shape index (κ1) is 63.3. The fourth-order valence-corrected chi connectivity index (χ4v) is 9.23. The Kier molecular flexibility index (Phi) is 27.6. The van der Waals surface area contributed by atoms with Crippen molar-refractivity contribution >= 4 is 47.3 Å². The van der Waals surface area contributed by atoms with Crippen LogP contribution >= 0.6 is 0 Å². The molecular weight excluding hydrogens is 1010 g/mol. The Morgan fingerprint density at radius 2 is 1.44 bits per heavy atom. The summed E-state index contributed by atoms with van der Waals surface area (Å²) in [5, 5.41) is 21.8. The van der Waals surface area contributed by atoms with Crippen LogP contribution in [-0.2, 0) is 61.1 Å².